The number of amides is 1. The van der Waals surface area contributed by atoms with E-state index in [1.165, 1.54) is 0 Å². The number of halogens is 2. The molecule has 3 rings (SSSR count). The number of carbonyl (C=O) groups excluding carboxylic acids is 1. The summed E-state index contributed by atoms with van der Waals surface area (Å²) in [7, 11) is 1.59. The summed E-state index contributed by atoms with van der Waals surface area (Å²) in [6.07, 6.45) is 3.57. The van der Waals surface area contributed by atoms with Crippen molar-refractivity contribution in [3.8, 4) is 5.75 Å². The first-order valence-electron chi connectivity index (χ1n) is 8.80. The van der Waals surface area contributed by atoms with Gasteiger partial charge in [0.2, 0.25) is 0 Å². The number of anilines is 2. The van der Waals surface area contributed by atoms with Gasteiger partial charge < -0.3 is 20.3 Å². The van der Waals surface area contributed by atoms with Crippen molar-refractivity contribution >= 4 is 17.4 Å². The van der Waals surface area contributed by atoms with E-state index in [9.17, 15) is 13.6 Å². The number of nitrogens with zero attached hydrogens (tertiary/aromatic N) is 2. The second-order valence-corrected chi connectivity index (χ2v) is 6.28. The van der Waals surface area contributed by atoms with Crippen molar-refractivity contribution < 1.29 is 18.3 Å². The Bertz CT molecular complexity index is 771. The smallest absolute Gasteiger partial charge is 0.387 e. The summed E-state index contributed by atoms with van der Waals surface area (Å²) in [5.41, 5.74) is 1.45. The highest BCUT2D eigenvalue weighted by atomic mass is 19.3. The van der Waals surface area contributed by atoms with E-state index in [1.54, 1.807) is 49.6 Å². The van der Waals surface area contributed by atoms with Crippen LogP contribution in [0.4, 0.5) is 20.3 Å². The Kier molecular flexibility index (Phi) is 6.05. The number of hydrogen-bond donors (Lipinski definition) is 2. The molecule has 1 fully saturated rings. The van der Waals surface area contributed by atoms with Crippen LogP contribution in [0.1, 0.15) is 23.2 Å². The zero-order valence-electron chi connectivity index (χ0n) is 15.0. The first-order chi connectivity index (χ1) is 13.1. The van der Waals surface area contributed by atoms with Gasteiger partial charge in [-0.15, -0.1) is 0 Å². The van der Waals surface area contributed by atoms with Crippen molar-refractivity contribution in [3.63, 3.8) is 0 Å². The number of aromatic nitrogens is 1. The maximum Gasteiger partial charge on any atom is 0.387 e. The summed E-state index contributed by atoms with van der Waals surface area (Å²) in [6, 6.07) is 10.2. The lowest BCUT2D eigenvalue weighted by Crippen LogP contribution is -2.42. The zero-order valence-corrected chi connectivity index (χ0v) is 15.0. The number of ether oxygens (including phenoxy) is 1. The number of hydrogen-bond acceptors (Lipinski definition) is 5. The van der Waals surface area contributed by atoms with Gasteiger partial charge in [-0.3, -0.25) is 4.79 Å². The normalized spacial score (nSPS) is 16.9. The molecular weight excluding hydrogens is 354 g/mol. The number of alkyl halides is 2. The Morgan fingerprint density at radius 2 is 2.07 bits per heavy atom. The summed E-state index contributed by atoms with van der Waals surface area (Å²) in [6.45, 7) is -1.23. The van der Waals surface area contributed by atoms with Crippen LogP contribution < -0.4 is 20.3 Å². The fourth-order valence-electron chi connectivity index (χ4n) is 3.20. The monoisotopic (exact) mass is 376 g/mol. The van der Waals surface area contributed by atoms with E-state index in [1.807, 2.05) is 0 Å². The lowest BCUT2D eigenvalue weighted by Gasteiger charge is -2.35. The summed E-state index contributed by atoms with van der Waals surface area (Å²) in [5, 5.41) is 5.98. The standard InChI is InChI=1S/C19H22F2N4O2/c1-22-18(26)16-5-2-10-23-17(16)24-13-4-3-11-25(12-13)14-6-8-15(9-7-14)27-19(20)21/h2,5-10,13,19H,3-4,11-12H2,1H3,(H,22,26)(H,23,24). The van der Waals surface area contributed by atoms with E-state index in [4.69, 9.17) is 0 Å². The van der Waals surface area contributed by atoms with Crippen molar-refractivity contribution in [2.75, 3.05) is 30.4 Å². The highest BCUT2D eigenvalue weighted by Gasteiger charge is 2.22. The molecule has 27 heavy (non-hydrogen) atoms. The van der Waals surface area contributed by atoms with Gasteiger partial charge in [0, 0.05) is 38.1 Å². The van der Waals surface area contributed by atoms with Crippen molar-refractivity contribution in [1.29, 1.82) is 0 Å². The second-order valence-electron chi connectivity index (χ2n) is 6.28. The molecule has 1 unspecified atom stereocenters. The Morgan fingerprint density at radius 1 is 1.30 bits per heavy atom. The third-order valence-electron chi connectivity index (χ3n) is 4.47. The maximum atomic E-state index is 12.3. The van der Waals surface area contributed by atoms with Crippen LogP contribution >= 0.6 is 0 Å². The molecule has 8 heteroatoms. The molecule has 2 N–H and O–H groups in total. The molecule has 1 amide bonds. The predicted octanol–water partition coefficient (Wildman–Crippen LogP) is 3.12. The molecule has 1 aromatic heterocycles. The summed E-state index contributed by atoms with van der Waals surface area (Å²) < 4.78 is 28.9. The molecular formula is C19H22F2N4O2. The van der Waals surface area contributed by atoms with Crippen LogP contribution in [0.5, 0.6) is 5.75 Å². The van der Waals surface area contributed by atoms with E-state index in [-0.39, 0.29) is 17.7 Å². The Labute approximate surface area is 156 Å². The van der Waals surface area contributed by atoms with Gasteiger partial charge in [0.05, 0.1) is 5.56 Å². The third-order valence-corrected chi connectivity index (χ3v) is 4.47. The van der Waals surface area contributed by atoms with Gasteiger partial charge in [-0.25, -0.2) is 4.98 Å². The van der Waals surface area contributed by atoms with E-state index in [0.29, 0.717) is 11.4 Å². The lowest BCUT2D eigenvalue weighted by atomic mass is 10.0. The molecule has 1 aliphatic heterocycles. The molecule has 1 saturated heterocycles. The highest BCUT2D eigenvalue weighted by Crippen LogP contribution is 2.25. The maximum absolute atomic E-state index is 12.3. The van der Waals surface area contributed by atoms with Crippen molar-refractivity contribution in [2.45, 2.75) is 25.5 Å². The van der Waals surface area contributed by atoms with Crippen LogP contribution in [-0.2, 0) is 0 Å². The minimum Gasteiger partial charge on any atom is -0.435 e. The number of rotatable bonds is 6. The van der Waals surface area contributed by atoms with Gasteiger partial charge in [0.1, 0.15) is 11.6 Å². The van der Waals surface area contributed by atoms with Gasteiger partial charge in [-0.2, -0.15) is 8.78 Å². The third kappa shape index (κ3) is 4.84. The van der Waals surface area contributed by atoms with E-state index in [2.05, 4.69) is 25.3 Å². The first-order valence-corrected chi connectivity index (χ1v) is 8.80. The number of piperidine rings is 1. The molecule has 2 aromatic rings. The average Bonchev–Trinajstić information content (AvgIpc) is 2.68. The molecule has 1 aliphatic rings. The van der Waals surface area contributed by atoms with E-state index in [0.717, 1.165) is 31.6 Å². The van der Waals surface area contributed by atoms with Gasteiger partial charge >= 0.3 is 6.61 Å². The van der Waals surface area contributed by atoms with Gasteiger partial charge in [-0.05, 0) is 49.2 Å². The van der Waals surface area contributed by atoms with Gasteiger partial charge in [0.15, 0.2) is 0 Å². The molecule has 0 saturated carbocycles. The van der Waals surface area contributed by atoms with E-state index < -0.39 is 6.61 Å². The largest absolute Gasteiger partial charge is 0.435 e. The van der Waals surface area contributed by atoms with Crippen LogP contribution in [0, 0.1) is 0 Å². The molecule has 6 nitrogen and oxygen atoms in total. The molecule has 0 spiro atoms. The quantitative estimate of drug-likeness (QED) is 0.811. The topological polar surface area (TPSA) is 66.5 Å². The predicted molar refractivity (Wildman–Crippen MR) is 99.6 cm³/mol. The number of pyridine rings is 1. The molecule has 0 aliphatic carbocycles. The molecule has 1 aromatic carbocycles. The minimum atomic E-state index is -2.83. The van der Waals surface area contributed by atoms with E-state index >= 15 is 0 Å². The van der Waals surface area contributed by atoms with Crippen LogP contribution in [0.3, 0.4) is 0 Å². The molecule has 1 atom stereocenters. The highest BCUT2D eigenvalue weighted by molar-refractivity contribution is 5.98. The number of nitrogens with one attached hydrogen (secondary N) is 2. The van der Waals surface area contributed by atoms with Crippen molar-refractivity contribution in [2.24, 2.45) is 0 Å². The molecule has 144 valence electrons. The van der Waals surface area contributed by atoms with Crippen molar-refractivity contribution in [1.82, 2.24) is 10.3 Å². The van der Waals surface area contributed by atoms with Crippen LogP contribution in [0.2, 0.25) is 0 Å². The second kappa shape index (κ2) is 8.66. The number of carbonyl (C=O) groups is 1. The first kappa shape index (κ1) is 18.9. The molecule has 2 heterocycles. The zero-order chi connectivity index (χ0) is 19.2. The summed E-state index contributed by atoms with van der Waals surface area (Å²) in [5.74, 6) is 0.515. The van der Waals surface area contributed by atoms with Crippen LogP contribution in [0.25, 0.3) is 0 Å². The Hall–Kier alpha value is -2.90. The van der Waals surface area contributed by atoms with Crippen molar-refractivity contribution in [3.05, 3.63) is 48.2 Å². The SMILES string of the molecule is CNC(=O)c1cccnc1NC1CCCN(c2ccc(OC(F)F)cc2)C1. The minimum absolute atomic E-state index is 0.119. The Morgan fingerprint density at radius 3 is 2.78 bits per heavy atom. The Balaban J connectivity index is 1.67. The molecule has 0 bridgehead atoms. The summed E-state index contributed by atoms with van der Waals surface area (Å²) in [4.78, 5) is 18.5. The van der Waals surface area contributed by atoms with Crippen LogP contribution in [-0.4, -0.2) is 43.7 Å². The van der Waals surface area contributed by atoms with Gasteiger partial charge in [0.25, 0.3) is 5.91 Å². The number of benzene rings is 1. The van der Waals surface area contributed by atoms with Crippen LogP contribution in [0.15, 0.2) is 42.6 Å². The lowest BCUT2D eigenvalue weighted by molar-refractivity contribution is -0.0498. The van der Waals surface area contributed by atoms with Gasteiger partial charge in [-0.1, -0.05) is 0 Å². The molecule has 0 radical (unpaired) electrons. The fraction of sp³-hybridized carbons (Fsp3) is 0.368. The summed E-state index contributed by atoms with van der Waals surface area (Å²) >= 11 is 0. The fourth-order valence-corrected chi connectivity index (χ4v) is 3.20. The average molecular weight is 376 g/mol.